The van der Waals surface area contributed by atoms with Gasteiger partial charge < -0.3 is 4.74 Å². The molecule has 0 N–H and O–H groups in total. The van der Waals surface area contributed by atoms with Gasteiger partial charge >= 0.3 is 5.97 Å². The van der Waals surface area contributed by atoms with Crippen molar-refractivity contribution in [3.05, 3.63) is 69.1 Å². The van der Waals surface area contributed by atoms with Crippen molar-refractivity contribution < 1.29 is 18.3 Å². The zero-order valence-electron chi connectivity index (χ0n) is 11.0. The molecule has 22 heavy (non-hydrogen) atoms. The van der Waals surface area contributed by atoms with Crippen LogP contribution in [0.15, 0.2) is 40.6 Å². The van der Waals surface area contributed by atoms with E-state index in [1.54, 1.807) is 11.6 Å². The molecule has 2 heterocycles. The van der Waals surface area contributed by atoms with Gasteiger partial charge in [0.05, 0.1) is 11.3 Å². The van der Waals surface area contributed by atoms with Crippen LogP contribution in [0.4, 0.5) is 8.78 Å². The maximum absolute atomic E-state index is 13.4. The van der Waals surface area contributed by atoms with Crippen molar-refractivity contribution in [3.63, 3.8) is 0 Å². The van der Waals surface area contributed by atoms with E-state index < -0.39 is 17.6 Å². The van der Waals surface area contributed by atoms with E-state index in [4.69, 9.17) is 4.74 Å². The van der Waals surface area contributed by atoms with Crippen LogP contribution in [-0.2, 0) is 11.3 Å². The average molecular weight is 322 g/mol. The van der Waals surface area contributed by atoms with Crippen LogP contribution in [0.25, 0.3) is 4.96 Å². The number of aromatic nitrogens is 2. The summed E-state index contributed by atoms with van der Waals surface area (Å²) in [5.41, 5.74) is -0.427. The van der Waals surface area contributed by atoms with Gasteiger partial charge in [-0.15, -0.1) is 11.3 Å². The van der Waals surface area contributed by atoms with Crippen molar-refractivity contribution in [1.82, 2.24) is 9.38 Å². The fraction of sp³-hybridized carbons (Fsp3) is 0.0714. The lowest BCUT2D eigenvalue weighted by Crippen LogP contribution is -2.15. The number of ether oxygens (including phenoxy) is 1. The van der Waals surface area contributed by atoms with E-state index in [0.717, 1.165) is 12.1 Å². The Kier molecular flexibility index (Phi) is 3.68. The number of carbonyl (C=O) groups is 1. The van der Waals surface area contributed by atoms with Crippen molar-refractivity contribution in [3.8, 4) is 0 Å². The molecule has 5 nitrogen and oxygen atoms in total. The van der Waals surface area contributed by atoms with Gasteiger partial charge in [0.25, 0.3) is 5.56 Å². The van der Waals surface area contributed by atoms with Crippen LogP contribution in [0, 0.1) is 11.6 Å². The zero-order valence-corrected chi connectivity index (χ0v) is 11.8. The van der Waals surface area contributed by atoms with E-state index >= 15 is 0 Å². The lowest BCUT2D eigenvalue weighted by Gasteiger charge is -2.05. The first kappa shape index (κ1) is 14.3. The Bertz CT molecular complexity index is 920. The van der Waals surface area contributed by atoms with Crippen molar-refractivity contribution in [2.45, 2.75) is 6.61 Å². The minimum Gasteiger partial charge on any atom is -0.455 e. The Morgan fingerprint density at radius 3 is 2.91 bits per heavy atom. The molecule has 0 radical (unpaired) electrons. The Morgan fingerprint density at radius 2 is 2.14 bits per heavy atom. The largest absolute Gasteiger partial charge is 0.455 e. The smallest absolute Gasteiger partial charge is 0.341 e. The van der Waals surface area contributed by atoms with E-state index in [0.29, 0.717) is 11.0 Å². The monoisotopic (exact) mass is 322 g/mol. The maximum Gasteiger partial charge on any atom is 0.341 e. The van der Waals surface area contributed by atoms with Gasteiger partial charge in [-0.2, -0.15) is 0 Å². The second-order valence-electron chi connectivity index (χ2n) is 4.34. The standard InChI is InChI=1S/C14H8F2N2O3S/c15-8-1-2-10(11(16)5-8)13(20)21-7-9-6-12(19)18-3-4-22-14(18)17-9/h1-6H,7H2. The summed E-state index contributed by atoms with van der Waals surface area (Å²) in [6.45, 7) is -0.278. The minimum absolute atomic E-state index is 0.253. The molecular weight excluding hydrogens is 314 g/mol. The van der Waals surface area contributed by atoms with Crippen LogP contribution in [0.5, 0.6) is 0 Å². The minimum atomic E-state index is -1.01. The molecule has 3 rings (SSSR count). The SMILES string of the molecule is O=C(OCc1cc(=O)n2ccsc2n1)c1ccc(F)cc1F. The molecule has 0 aliphatic rings. The first-order valence-corrected chi connectivity index (χ1v) is 7.00. The van der Waals surface area contributed by atoms with Crippen molar-refractivity contribution in [1.29, 1.82) is 0 Å². The van der Waals surface area contributed by atoms with Crippen LogP contribution in [0.3, 0.4) is 0 Å². The normalized spacial score (nSPS) is 10.8. The summed E-state index contributed by atoms with van der Waals surface area (Å²) >= 11 is 1.26. The topological polar surface area (TPSA) is 60.7 Å². The summed E-state index contributed by atoms with van der Waals surface area (Å²) < 4.78 is 32.5. The van der Waals surface area contributed by atoms with E-state index in [2.05, 4.69) is 4.98 Å². The van der Waals surface area contributed by atoms with Gasteiger partial charge in [0, 0.05) is 23.7 Å². The summed E-state index contributed by atoms with van der Waals surface area (Å²) in [5, 5.41) is 1.70. The lowest BCUT2D eigenvalue weighted by atomic mass is 10.2. The molecule has 0 unspecified atom stereocenters. The highest BCUT2D eigenvalue weighted by molar-refractivity contribution is 7.15. The molecule has 0 spiro atoms. The molecule has 112 valence electrons. The predicted molar refractivity (Wildman–Crippen MR) is 74.8 cm³/mol. The van der Waals surface area contributed by atoms with Crippen molar-refractivity contribution in [2.24, 2.45) is 0 Å². The number of fused-ring (bicyclic) bond motifs is 1. The summed E-state index contributed by atoms with van der Waals surface area (Å²) in [6, 6.07) is 3.78. The molecule has 0 atom stereocenters. The number of rotatable bonds is 3. The molecule has 0 amide bonds. The third kappa shape index (κ3) is 2.73. The molecule has 0 fully saturated rings. The lowest BCUT2D eigenvalue weighted by molar-refractivity contribution is 0.0462. The number of esters is 1. The van der Waals surface area contributed by atoms with Gasteiger partial charge in [0.1, 0.15) is 18.2 Å². The Hall–Kier alpha value is -2.61. The van der Waals surface area contributed by atoms with Crippen LogP contribution in [0.1, 0.15) is 16.1 Å². The molecule has 0 saturated carbocycles. The van der Waals surface area contributed by atoms with Crippen LogP contribution < -0.4 is 5.56 Å². The third-order valence-electron chi connectivity index (χ3n) is 2.86. The summed E-state index contributed by atoms with van der Waals surface area (Å²) in [4.78, 5) is 28.1. The number of carbonyl (C=O) groups excluding carboxylic acids is 1. The van der Waals surface area contributed by atoms with Gasteiger partial charge in [-0.3, -0.25) is 9.20 Å². The number of halogens is 2. The van der Waals surface area contributed by atoms with Gasteiger partial charge in [0.15, 0.2) is 4.96 Å². The molecule has 0 saturated heterocycles. The van der Waals surface area contributed by atoms with Crippen LogP contribution in [-0.4, -0.2) is 15.4 Å². The summed E-state index contributed by atoms with van der Waals surface area (Å²) in [5.74, 6) is -2.75. The summed E-state index contributed by atoms with van der Waals surface area (Å²) in [7, 11) is 0. The Morgan fingerprint density at radius 1 is 1.32 bits per heavy atom. The van der Waals surface area contributed by atoms with Crippen LogP contribution in [0.2, 0.25) is 0 Å². The number of nitrogens with zero attached hydrogens (tertiary/aromatic N) is 2. The second-order valence-corrected chi connectivity index (χ2v) is 5.21. The second kappa shape index (κ2) is 5.64. The van der Waals surface area contributed by atoms with Crippen molar-refractivity contribution in [2.75, 3.05) is 0 Å². The number of hydrogen-bond donors (Lipinski definition) is 0. The first-order chi connectivity index (χ1) is 10.5. The first-order valence-electron chi connectivity index (χ1n) is 6.12. The Labute approximate surface area is 126 Å². The summed E-state index contributed by atoms with van der Waals surface area (Å²) in [6.07, 6.45) is 1.58. The average Bonchev–Trinajstić information content (AvgIpc) is 2.93. The van der Waals surface area contributed by atoms with Gasteiger partial charge in [-0.1, -0.05) is 0 Å². The van der Waals surface area contributed by atoms with Gasteiger partial charge in [0.2, 0.25) is 0 Å². The maximum atomic E-state index is 13.4. The number of benzene rings is 1. The quantitative estimate of drug-likeness (QED) is 0.695. The van der Waals surface area contributed by atoms with E-state index in [1.165, 1.54) is 21.8 Å². The molecule has 0 aliphatic carbocycles. The predicted octanol–water partition coefficient (Wildman–Crippen LogP) is 2.39. The van der Waals surface area contributed by atoms with Gasteiger partial charge in [-0.05, 0) is 12.1 Å². The van der Waals surface area contributed by atoms with E-state index in [-0.39, 0.29) is 23.4 Å². The molecule has 0 bridgehead atoms. The number of hydrogen-bond acceptors (Lipinski definition) is 5. The van der Waals surface area contributed by atoms with Gasteiger partial charge in [-0.25, -0.2) is 18.6 Å². The highest BCUT2D eigenvalue weighted by atomic mass is 32.1. The van der Waals surface area contributed by atoms with Crippen molar-refractivity contribution >= 4 is 22.3 Å². The molecular formula is C14H8F2N2O3S. The molecule has 1 aromatic carbocycles. The molecule has 0 aliphatic heterocycles. The van der Waals surface area contributed by atoms with E-state index in [1.807, 2.05) is 0 Å². The zero-order chi connectivity index (χ0) is 15.7. The third-order valence-corrected chi connectivity index (χ3v) is 3.62. The fourth-order valence-corrected chi connectivity index (χ4v) is 2.57. The highest BCUT2D eigenvalue weighted by Gasteiger charge is 2.14. The molecule has 3 aromatic rings. The number of thiazole rings is 1. The highest BCUT2D eigenvalue weighted by Crippen LogP contribution is 2.12. The van der Waals surface area contributed by atoms with E-state index in [9.17, 15) is 18.4 Å². The Balaban J connectivity index is 1.78. The molecule has 2 aromatic heterocycles. The van der Waals surface area contributed by atoms with Crippen LogP contribution >= 0.6 is 11.3 Å². The fourth-order valence-electron chi connectivity index (χ4n) is 1.83. The molecule has 8 heteroatoms.